The van der Waals surface area contributed by atoms with E-state index in [4.69, 9.17) is 0 Å². The van der Waals surface area contributed by atoms with Crippen molar-refractivity contribution in [3.05, 3.63) is 0 Å². The van der Waals surface area contributed by atoms with Crippen molar-refractivity contribution in [3.8, 4) is 0 Å². The normalized spacial score (nSPS) is 9.86. The molecule has 14 heavy (non-hydrogen) atoms. The van der Waals surface area contributed by atoms with Gasteiger partial charge in [-0.05, 0) is 54.1 Å². The summed E-state index contributed by atoms with van der Waals surface area (Å²) in [6, 6.07) is 0. The summed E-state index contributed by atoms with van der Waals surface area (Å²) < 4.78 is 0. The molecule has 90 valence electrons. The molecular weight excluding hydrogens is 308 g/mol. The van der Waals surface area contributed by atoms with Gasteiger partial charge in [-0.25, -0.2) is 0 Å². The van der Waals surface area contributed by atoms with Crippen molar-refractivity contribution >= 4 is 34.0 Å². The van der Waals surface area contributed by atoms with E-state index < -0.39 is 0 Å². The molecule has 0 saturated heterocycles. The van der Waals surface area contributed by atoms with Crippen LogP contribution in [0.15, 0.2) is 0 Å². The smallest absolute Gasteiger partial charge is 0.00248 e. The number of hydrogen-bond donors (Lipinski definition) is 0. The molecule has 4 heteroatoms. The summed E-state index contributed by atoms with van der Waals surface area (Å²) in [7, 11) is 8.55. The lowest BCUT2D eigenvalue weighted by atomic mass is 10.2. The highest BCUT2D eigenvalue weighted by Crippen LogP contribution is 2.00. The maximum atomic E-state index is 2.26. The molecule has 0 N–H and O–H groups in total. The molecule has 2 nitrogen and oxygen atoms in total. The van der Waals surface area contributed by atoms with Crippen LogP contribution in [0.5, 0.6) is 0 Å². The van der Waals surface area contributed by atoms with Gasteiger partial charge in [0.05, 0.1) is 0 Å². The Morgan fingerprint density at radius 2 is 0.857 bits per heavy atom. The monoisotopic (exact) mass is 332 g/mol. The molecule has 0 amide bonds. The molecule has 0 unspecified atom stereocenters. The van der Waals surface area contributed by atoms with E-state index >= 15 is 0 Å². The van der Waals surface area contributed by atoms with Crippen LogP contribution in [0.4, 0.5) is 0 Å². The van der Waals surface area contributed by atoms with Gasteiger partial charge in [0.15, 0.2) is 0 Å². The Hall–Kier alpha value is 0.880. The van der Waals surface area contributed by atoms with Gasteiger partial charge < -0.3 is 9.80 Å². The molecule has 0 saturated carbocycles. The number of unbranched alkanes of at least 4 members (excludes halogenated alkanes) is 3. The maximum Gasteiger partial charge on any atom is -0.00248 e. The Bertz CT molecular complexity index is 86.1. The number of rotatable bonds is 7. The third kappa shape index (κ3) is 18.6. The summed E-state index contributed by atoms with van der Waals surface area (Å²) in [5.74, 6) is 0. The Labute approximate surface area is 111 Å². The third-order valence-electron chi connectivity index (χ3n) is 1.96. The minimum absolute atomic E-state index is 0. The fraction of sp³-hybridized carbons (Fsp3) is 1.00. The zero-order chi connectivity index (χ0) is 9.40. The Balaban J connectivity index is -0.000000605. The van der Waals surface area contributed by atoms with Crippen LogP contribution < -0.4 is 0 Å². The first-order chi connectivity index (χ1) is 5.63. The fourth-order valence-corrected chi connectivity index (χ4v) is 1.21. The molecule has 0 aromatic heterocycles. The Morgan fingerprint density at radius 1 is 0.571 bits per heavy atom. The van der Waals surface area contributed by atoms with Gasteiger partial charge in [0, 0.05) is 0 Å². The lowest BCUT2D eigenvalue weighted by Crippen LogP contribution is -2.14. The topological polar surface area (TPSA) is 6.48 Å². The van der Waals surface area contributed by atoms with E-state index in [1.165, 1.54) is 38.8 Å². The Kier molecular flexibility index (Phi) is 20.1. The van der Waals surface area contributed by atoms with E-state index in [0.717, 1.165) is 0 Å². The molecule has 0 aliphatic rings. The lowest BCUT2D eigenvalue weighted by Gasteiger charge is -2.10. The summed E-state index contributed by atoms with van der Waals surface area (Å²) in [5, 5.41) is 0. The standard InChI is InChI=1S/C10H24N2.2BrH/c1-11(2)9-7-5-6-8-10-12(3)4;;/h5-10H2,1-4H3;2*1H. The van der Waals surface area contributed by atoms with Gasteiger partial charge in [0.25, 0.3) is 0 Å². The highest BCUT2D eigenvalue weighted by molar-refractivity contribution is 8.93. The molecule has 0 aromatic rings. The van der Waals surface area contributed by atoms with Crippen molar-refractivity contribution in [1.82, 2.24) is 9.80 Å². The molecule has 0 rings (SSSR count). The largest absolute Gasteiger partial charge is 0.309 e. The van der Waals surface area contributed by atoms with Gasteiger partial charge in [-0.1, -0.05) is 12.8 Å². The van der Waals surface area contributed by atoms with Crippen LogP contribution in [0.1, 0.15) is 25.7 Å². The first-order valence-corrected chi connectivity index (χ1v) is 4.92. The minimum atomic E-state index is 0. The molecule has 0 aromatic carbocycles. The summed E-state index contributed by atoms with van der Waals surface area (Å²) in [6.45, 7) is 2.48. The van der Waals surface area contributed by atoms with Crippen molar-refractivity contribution in [1.29, 1.82) is 0 Å². The van der Waals surface area contributed by atoms with Crippen LogP contribution in [-0.4, -0.2) is 51.1 Å². The summed E-state index contributed by atoms with van der Waals surface area (Å²) in [6.07, 6.45) is 5.46. The average Bonchev–Trinajstić information content (AvgIpc) is 1.95. The third-order valence-corrected chi connectivity index (χ3v) is 1.96. The summed E-state index contributed by atoms with van der Waals surface area (Å²) in [4.78, 5) is 4.51. The summed E-state index contributed by atoms with van der Waals surface area (Å²) >= 11 is 0. The molecular formula is C10H26Br2N2. The van der Waals surface area contributed by atoms with E-state index in [1.54, 1.807) is 0 Å². The van der Waals surface area contributed by atoms with Gasteiger partial charge in [-0.3, -0.25) is 0 Å². The van der Waals surface area contributed by atoms with E-state index in [1.807, 2.05) is 0 Å². The molecule has 0 fully saturated rings. The van der Waals surface area contributed by atoms with Crippen molar-refractivity contribution in [2.75, 3.05) is 41.3 Å². The second kappa shape index (κ2) is 13.9. The lowest BCUT2D eigenvalue weighted by molar-refractivity contribution is 0.370. The van der Waals surface area contributed by atoms with Gasteiger partial charge >= 0.3 is 0 Å². The molecule has 0 aliphatic carbocycles. The Morgan fingerprint density at radius 3 is 1.07 bits per heavy atom. The van der Waals surface area contributed by atoms with Crippen molar-refractivity contribution < 1.29 is 0 Å². The number of halogens is 2. The highest BCUT2D eigenvalue weighted by Gasteiger charge is 1.92. The van der Waals surface area contributed by atoms with Gasteiger partial charge in [-0.15, -0.1) is 34.0 Å². The minimum Gasteiger partial charge on any atom is -0.309 e. The van der Waals surface area contributed by atoms with Crippen LogP contribution in [0, 0.1) is 0 Å². The first kappa shape index (κ1) is 20.3. The zero-order valence-electron chi connectivity index (χ0n) is 9.95. The maximum absolute atomic E-state index is 2.26. The van der Waals surface area contributed by atoms with Gasteiger partial charge in [-0.2, -0.15) is 0 Å². The average molecular weight is 334 g/mol. The molecule has 0 radical (unpaired) electrons. The van der Waals surface area contributed by atoms with Crippen LogP contribution in [-0.2, 0) is 0 Å². The van der Waals surface area contributed by atoms with E-state index in [9.17, 15) is 0 Å². The van der Waals surface area contributed by atoms with Crippen molar-refractivity contribution in [2.45, 2.75) is 25.7 Å². The van der Waals surface area contributed by atoms with Crippen LogP contribution in [0.25, 0.3) is 0 Å². The predicted octanol–water partition coefficient (Wildman–Crippen LogP) is 2.83. The molecule has 0 aliphatic heterocycles. The summed E-state index contributed by atoms with van der Waals surface area (Å²) in [5.41, 5.74) is 0. The van der Waals surface area contributed by atoms with E-state index in [-0.39, 0.29) is 34.0 Å². The SMILES string of the molecule is Br.Br.CN(C)CCCCCCN(C)C. The highest BCUT2D eigenvalue weighted by atomic mass is 79.9. The van der Waals surface area contributed by atoms with E-state index in [2.05, 4.69) is 38.0 Å². The molecule has 0 atom stereocenters. The van der Waals surface area contributed by atoms with Crippen molar-refractivity contribution in [2.24, 2.45) is 0 Å². The second-order valence-corrected chi connectivity index (χ2v) is 4.02. The van der Waals surface area contributed by atoms with Crippen molar-refractivity contribution in [3.63, 3.8) is 0 Å². The van der Waals surface area contributed by atoms with Crippen LogP contribution in [0.3, 0.4) is 0 Å². The first-order valence-electron chi connectivity index (χ1n) is 4.92. The zero-order valence-corrected chi connectivity index (χ0v) is 13.4. The molecule has 0 bridgehead atoms. The molecule has 0 spiro atoms. The number of hydrogen-bond acceptors (Lipinski definition) is 2. The molecule has 0 heterocycles. The number of nitrogens with zero attached hydrogens (tertiary/aromatic N) is 2. The predicted molar refractivity (Wildman–Crippen MR) is 76.2 cm³/mol. The fourth-order valence-electron chi connectivity index (χ4n) is 1.21. The van der Waals surface area contributed by atoms with Gasteiger partial charge in [0.1, 0.15) is 0 Å². The van der Waals surface area contributed by atoms with Gasteiger partial charge in [0.2, 0.25) is 0 Å². The van der Waals surface area contributed by atoms with Crippen LogP contribution >= 0.6 is 34.0 Å². The van der Waals surface area contributed by atoms with E-state index in [0.29, 0.717) is 0 Å². The quantitative estimate of drug-likeness (QED) is 0.661. The van der Waals surface area contributed by atoms with Crippen LogP contribution in [0.2, 0.25) is 0 Å². The second-order valence-electron chi connectivity index (χ2n) is 4.02.